The summed E-state index contributed by atoms with van der Waals surface area (Å²) in [6.07, 6.45) is 3.50. The molecule has 0 spiro atoms. The Morgan fingerprint density at radius 2 is 0.600 bits per heavy atom. The lowest BCUT2D eigenvalue weighted by atomic mass is 9.69. The number of rotatable bonds is 12. The lowest BCUT2D eigenvalue weighted by Crippen LogP contribution is -2.56. The lowest BCUT2D eigenvalue weighted by Gasteiger charge is -2.52. The van der Waals surface area contributed by atoms with Crippen molar-refractivity contribution in [3.05, 3.63) is 0 Å². The maximum atomic E-state index is 5.06. The van der Waals surface area contributed by atoms with Gasteiger partial charge in [-0.25, -0.2) is 0 Å². The van der Waals surface area contributed by atoms with E-state index in [9.17, 15) is 0 Å². The van der Waals surface area contributed by atoms with Crippen LogP contribution in [0, 0.1) is 5.41 Å². The summed E-state index contributed by atoms with van der Waals surface area (Å²) in [6.45, 7) is 8.43. The summed E-state index contributed by atoms with van der Waals surface area (Å²) in [5.74, 6) is 0. The smallest absolute Gasteiger partial charge is 0.0170 e. The Bertz CT molecular complexity index is 289. The molecule has 0 saturated carbocycles. The van der Waals surface area contributed by atoms with Crippen molar-refractivity contribution < 1.29 is 0 Å². The second-order valence-corrected chi connectivity index (χ2v) is 13.4. The Morgan fingerprint density at radius 1 is 0.440 bits per heavy atom. The van der Waals surface area contributed by atoms with Crippen LogP contribution in [0.2, 0.25) is 0 Å². The monoisotopic (exact) mass is 496 g/mol. The van der Waals surface area contributed by atoms with Crippen LogP contribution in [-0.4, -0.2) is 42.0 Å². The molecule has 25 heavy (non-hydrogen) atoms. The van der Waals surface area contributed by atoms with Crippen molar-refractivity contribution in [1.29, 1.82) is 0 Å². The van der Waals surface area contributed by atoms with Gasteiger partial charge in [0.25, 0.3) is 0 Å². The fourth-order valence-electron chi connectivity index (χ4n) is 3.44. The maximum Gasteiger partial charge on any atom is 0.0170 e. The van der Waals surface area contributed by atoms with Gasteiger partial charge in [0, 0.05) is 26.4 Å². The van der Waals surface area contributed by atoms with Gasteiger partial charge in [-0.15, -0.1) is 0 Å². The van der Waals surface area contributed by atoms with E-state index in [1.807, 2.05) is 0 Å². The van der Waals surface area contributed by atoms with Crippen LogP contribution < -0.4 is 0 Å². The van der Waals surface area contributed by atoms with Crippen molar-refractivity contribution in [1.82, 2.24) is 0 Å². The zero-order valence-corrected chi connectivity index (χ0v) is 22.7. The molecule has 0 aliphatic carbocycles. The van der Waals surface area contributed by atoms with Crippen LogP contribution in [0.25, 0.3) is 0 Å². The molecule has 8 atom stereocenters. The average Bonchev–Trinajstić information content (AvgIpc) is 2.35. The summed E-state index contributed by atoms with van der Waals surface area (Å²) in [7, 11) is 0. The van der Waals surface area contributed by atoms with Gasteiger partial charge < -0.3 is 0 Å². The third-order valence-corrected chi connectivity index (χ3v) is 8.04. The summed E-state index contributed by atoms with van der Waals surface area (Å²) in [6, 6.07) is 0. The zero-order chi connectivity index (χ0) is 19.9. The van der Waals surface area contributed by atoms with Gasteiger partial charge in [-0.1, -0.05) is 27.7 Å². The van der Waals surface area contributed by atoms with Crippen molar-refractivity contribution in [3.8, 4) is 0 Å². The van der Waals surface area contributed by atoms with Gasteiger partial charge in [-0.05, 0) is 46.7 Å². The first-order valence-electron chi connectivity index (χ1n) is 8.80. The Balaban J connectivity index is 6.07. The van der Waals surface area contributed by atoms with Gasteiger partial charge >= 0.3 is 0 Å². The molecule has 0 rings (SSSR count). The Kier molecular flexibility index (Phi) is 14.6. The lowest BCUT2D eigenvalue weighted by molar-refractivity contribution is 0.222. The molecule has 152 valence electrons. The summed E-state index contributed by atoms with van der Waals surface area (Å²) >= 11 is 38.7. The molecule has 0 nitrogen and oxygen atoms in total. The second-order valence-electron chi connectivity index (χ2n) is 7.40. The van der Waals surface area contributed by atoms with E-state index >= 15 is 0 Å². The largest absolute Gasteiger partial charge is 0.176 e. The van der Waals surface area contributed by atoms with E-state index in [1.165, 1.54) is 0 Å². The quantitative estimate of drug-likeness (QED) is 0.149. The van der Waals surface area contributed by atoms with E-state index in [1.54, 1.807) is 0 Å². The molecular formula is C17H36S8. The first-order chi connectivity index (χ1) is 11.3. The van der Waals surface area contributed by atoms with Gasteiger partial charge in [-0.2, -0.15) is 101 Å². The van der Waals surface area contributed by atoms with Gasteiger partial charge in [-0.3, -0.25) is 0 Å². The van der Waals surface area contributed by atoms with Crippen LogP contribution >= 0.6 is 101 Å². The van der Waals surface area contributed by atoms with Gasteiger partial charge in [0.1, 0.15) is 0 Å². The molecule has 0 amide bonds. The summed E-state index contributed by atoms with van der Waals surface area (Å²) in [5, 5.41) is 1.32. The van der Waals surface area contributed by atoms with E-state index in [0.717, 1.165) is 25.7 Å². The predicted octanol–water partition coefficient (Wildman–Crippen LogP) is 6.00. The summed E-state index contributed by atoms with van der Waals surface area (Å²) in [4.78, 5) is 0. The molecule has 0 aromatic rings. The van der Waals surface area contributed by atoms with Crippen molar-refractivity contribution in [3.63, 3.8) is 0 Å². The molecule has 8 heteroatoms. The average molecular weight is 497 g/mol. The number of hydrogen-bond acceptors (Lipinski definition) is 8. The van der Waals surface area contributed by atoms with Crippen LogP contribution in [-0.2, 0) is 0 Å². The molecule has 0 fully saturated rings. The molecule has 0 aliphatic heterocycles. The SMILES string of the molecule is CC(S)CC(S)C(C(S)CC(C)S)(C(S)CC(C)S)C(S)CC(C)S. The van der Waals surface area contributed by atoms with Crippen LogP contribution in [0.1, 0.15) is 53.4 Å². The van der Waals surface area contributed by atoms with E-state index in [4.69, 9.17) is 50.5 Å². The Morgan fingerprint density at radius 3 is 0.720 bits per heavy atom. The fourth-order valence-corrected chi connectivity index (χ4v) is 9.08. The van der Waals surface area contributed by atoms with Crippen molar-refractivity contribution >= 4 is 101 Å². The first-order valence-corrected chi connectivity index (χ1v) is 12.9. The van der Waals surface area contributed by atoms with E-state index in [2.05, 4.69) is 78.2 Å². The molecule has 0 heterocycles. The normalized spacial score (nSPS) is 24.5. The van der Waals surface area contributed by atoms with Gasteiger partial charge in [0.15, 0.2) is 0 Å². The van der Waals surface area contributed by atoms with Gasteiger partial charge in [0.2, 0.25) is 0 Å². The molecule has 0 aromatic heterocycles. The highest BCUT2D eigenvalue weighted by Crippen LogP contribution is 2.51. The third-order valence-electron chi connectivity index (χ3n) is 4.57. The molecule has 0 aromatic carbocycles. The van der Waals surface area contributed by atoms with E-state index < -0.39 is 0 Å². The number of thiol groups is 8. The predicted molar refractivity (Wildman–Crippen MR) is 146 cm³/mol. The fraction of sp³-hybridized carbons (Fsp3) is 1.00. The minimum atomic E-state index is -0.277. The highest BCUT2D eigenvalue weighted by Gasteiger charge is 2.52. The zero-order valence-electron chi connectivity index (χ0n) is 15.5. The highest BCUT2D eigenvalue weighted by atomic mass is 32.1. The van der Waals surface area contributed by atoms with E-state index in [0.29, 0.717) is 0 Å². The highest BCUT2D eigenvalue weighted by molar-refractivity contribution is 7.84. The Hall–Kier alpha value is 2.80. The number of hydrogen-bond donors (Lipinski definition) is 8. The second kappa shape index (κ2) is 13.2. The Labute approximate surface area is 200 Å². The molecule has 0 radical (unpaired) electrons. The van der Waals surface area contributed by atoms with Crippen molar-refractivity contribution in [2.24, 2.45) is 5.41 Å². The molecule has 0 bridgehead atoms. The van der Waals surface area contributed by atoms with Gasteiger partial charge in [0.05, 0.1) is 0 Å². The van der Waals surface area contributed by atoms with Crippen molar-refractivity contribution in [2.45, 2.75) is 95.4 Å². The van der Waals surface area contributed by atoms with E-state index in [-0.39, 0.29) is 47.4 Å². The van der Waals surface area contributed by atoms with Crippen molar-refractivity contribution in [2.75, 3.05) is 0 Å². The molecule has 0 aliphatic rings. The maximum absolute atomic E-state index is 5.06. The molecule has 8 unspecified atom stereocenters. The van der Waals surface area contributed by atoms with Crippen LogP contribution in [0.3, 0.4) is 0 Å². The van der Waals surface area contributed by atoms with Crippen LogP contribution in [0.15, 0.2) is 0 Å². The summed E-state index contributed by atoms with van der Waals surface area (Å²) < 4.78 is 0. The summed E-state index contributed by atoms with van der Waals surface area (Å²) in [5.41, 5.74) is -0.277. The third kappa shape index (κ3) is 9.00. The molecule has 0 N–H and O–H groups in total. The minimum absolute atomic E-state index is 0.0822. The molecular weight excluding hydrogens is 461 g/mol. The minimum Gasteiger partial charge on any atom is -0.176 e. The first kappa shape index (κ1) is 27.8. The topological polar surface area (TPSA) is 0 Å². The van der Waals surface area contributed by atoms with Crippen LogP contribution in [0.5, 0.6) is 0 Å². The standard InChI is InChI=1S/C17H36S8/c1-9(18)5-13(22)17(14(23)6-10(2)19,15(24)7-11(3)20)16(25)8-12(4)21/h9-16,18-25H,5-8H2,1-4H3. The van der Waals surface area contributed by atoms with Crippen LogP contribution in [0.4, 0.5) is 0 Å². The molecule has 0 saturated heterocycles.